The Morgan fingerprint density at radius 1 is 1.05 bits per heavy atom. The first-order valence-electron chi connectivity index (χ1n) is 8.22. The fourth-order valence-electron chi connectivity index (χ4n) is 2.34. The average Bonchev–Trinajstić information content (AvgIpc) is 2.46. The van der Waals surface area contributed by atoms with Crippen molar-refractivity contribution >= 4 is 11.9 Å². The van der Waals surface area contributed by atoms with Crippen LogP contribution in [-0.4, -0.2) is 35.0 Å². The van der Waals surface area contributed by atoms with Gasteiger partial charge in [0.25, 0.3) is 0 Å². The number of carboxylic acid groups (broad SMARTS) is 1. The summed E-state index contributed by atoms with van der Waals surface area (Å²) in [5.74, 6) is -1.43. The highest BCUT2D eigenvalue weighted by molar-refractivity contribution is 5.82. The normalized spacial score (nSPS) is 12.5. The quantitative estimate of drug-likeness (QED) is 0.439. The number of unbranched alkanes of at least 4 members (excludes halogenated alkanes) is 3. The third kappa shape index (κ3) is 9.27. The molecule has 1 unspecified atom stereocenters. The Hall–Kier alpha value is -1.32. The van der Waals surface area contributed by atoms with E-state index in [1.807, 2.05) is 13.8 Å². The van der Waals surface area contributed by atoms with Gasteiger partial charge in [0.1, 0.15) is 0 Å². The Labute approximate surface area is 129 Å². The summed E-state index contributed by atoms with van der Waals surface area (Å²) in [6, 6.07) is 0. The van der Waals surface area contributed by atoms with Crippen LogP contribution in [-0.2, 0) is 9.59 Å². The molecule has 0 fully saturated rings. The molecule has 0 saturated carbocycles. The molecular formula is C17H31NO3. The molecule has 0 aliphatic carbocycles. The van der Waals surface area contributed by atoms with E-state index < -0.39 is 11.9 Å². The van der Waals surface area contributed by atoms with Crippen molar-refractivity contribution in [2.24, 2.45) is 5.92 Å². The molecule has 0 aliphatic rings. The Balaban J connectivity index is 4.06. The highest BCUT2D eigenvalue weighted by Gasteiger charge is 2.22. The summed E-state index contributed by atoms with van der Waals surface area (Å²) in [4.78, 5) is 24.9. The van der Waals surface area contributed by atoms with Gasteiger partial charge in [0, 0.05) is 19.5 Å². The summed E-state index contributed by atoms with van der Waals surface area (Å²) in [5.41, 5.74) is 0. The number of nitrogens with zero attached hydrogens (tertiary/aromatic N) is 1. The van der Waals surface area contributed by atoms with E-state index in [9.17, 15) is 14.7 Å². The molecule has 1 N–H and O–H groups in total. The smallest absolute Gasteiger partial charge is 0.307 e. The first-order valence-corrected chi connectivity index (χ1v) is 8.22. The SMILES string of the molecule is CC/C=C/CCCCCC(CC(=O)N(CC)CC)C(=O)O. The number of aliphatic carboxylic acids is 1. The van der Waals surface area contributed by atoms with Crippen LogP contribution in [0.1, 0.15) is 65.7 Å². The summed E-state index contributed by atoms with van der Waals surface area (Å²) in [6.07, 6.45) is 10.2. The number of hydrogen-bond donors (Lipinski definition) is 1. The minimum atomic E-state index is -0.846. The molecule has 0 saturated heterocycles. The van der Waals surface area contributed by atoms with E-state index in [1.165, 1.54) is 0 Å². The molecule has 1 amide bonds. The van der Waals surface area contributed by atoms with E-state index in [0.29, 0.717) is 19.5 Å². The monoisotopic (exact) mass is 297 g/mol. The molecule has 0 aromatic rings. The first-order chi connectivity index (χ1) is 10.1. The third-order valence-electron chi connectivity index (χ3n) is 3.71. The molecule has 1 atom stereocenters. The summed E-state index contributed by atoms with van der Waals surface area (Å²) in [5, 5.41) is 9.24. The van der Waals surface area contributed by atoms with Crippen LogP contribution in [0.5, 0.6) is 0 Å². The van der Waals surface area contributed by atoms with Crippen LogP contribution >= 0.6 is 0 Å². The second-order valence-corrected chi connectivity index (χ2v) is 5.32. The van der Waals surface area contributed by atoms with Crippen LogP contribution < -0.4 is 0 Å². The second kappa shape index (κ2) is 12.4. The van der Waals surface area contributed by atoms with E-state index in [1.54, 1.807) is 4.90 Å². The molecule has 0 heterocycles. The van der Waals surface area contributed by atoms with Gasteiger partial charge < -0.3 is 10.0 Å². The van der Waals surface area contributed by atoms with E-state index in [0.717, 1.165) is 32.1 Å². The zero-order valence-electron chi connectivity index (χ0n) is 13.8. The summed E-state index contributed by atoms with van der Waals surface area (Å²) >= 11 is 0. The van der Waals surface area contributed by atoms with Crippen molar-refractivity contribution in [2.75, 3.05) is 13.1 Å². The molecule has 0 aliphatic heterocycles. The van der Waals surface area contributed by atoms with Gasteiger partial charge in [-0.3, -0.25) is 9.59 Å². The van der Waals surface area contributed by atoms with Gasteiger partial charge in [-0.05, 0) is 39.5 Å². The van der Waals surface area contributed by atoms with Gasteiger partial charge in [-0.15, -0.1) is 0 Å². The highest BCUT2D eigenvalue weighted by Crippen LogP contribution is 2.16. The van der Waals surface area contributed by atoms with Crippen molar-refractivity contribution in [1.29, 1.82) is 0 Å². The molecular weight excluding hydrogens is 266 g/mol. The van der Waals surface area contributed by atoms with Crippen LogP contribution in [0.4, 0.5) is 0 Å². The van der Waals surface area contributed by atoms with Gasteiger partial charge in [-0.1, -0.05) is 31.9 Å². The van der Waals surface area contributed by atoms with Crippen LogP contribution in [0.2, 0.25) is 0 Å². The summed E-state index contributed by atoms with van der Waals surface area (Å²) in [6.45, 7) is 7.24. The topological polar surface area (TPSA) is 57.6 Å². The average molecular weight is 297 g/mol. The van der Waals surface area contributed by atoms with Crippen molar-refractivity contribution in [3.63, 3.8) is 0 Å². The molecule has 4 heteroatoms. The Bertz CT molecular complexity index is 322. The van der Waals surface area contributed by atoms with Gasteiger partial charge in [0.15, 0.2) is 0 Å². The van der Waals surface area contributed by atoms with Gasteiger partial charge in [0.2, 0.25) is 5.91 Å². The van der Waals surface area contributed by atoms with Crippen LogP contribution in [0, 0.1) is 5.92 Å². The minimum absolute atomic E-state index is 0.0433. The van der Waals surface area contributed by atoms with E-state index in [4.69, 9.17) is 0 Å². The van der Waals surface area contributed by atoms with Crippen molar-refractivity contribution in [2.45, 2.75) is 65.7 Å². The lowest BCUT2D eigenvalue weighted by Gasteiger charge is -2.21. The first kappa shape index (κ1) is 19.7. The molecule has 4 nitrogen and oxygen atoms in total. The van der Waals surface area contributed by atoms with Crippen molar-refractivity contribution in [3.05, 3.63) is 12.2 Å². The number of carboxylic acids is 1. The maximum Gasteiger partial charge on any atom is 0.307 e. The van der Waals surface area contributed by atoms with Crippen LogP contribution in [0.15, 0.2) is 12.2 Å². The van der Waals surface area contributed by atoms with Gasteiger partial charge in [-0.2, -0.15) is 0 Å². The molecule has 0 rings (SSSR count). The van der Waals surface area contributed by atoms with Gasteiger partial charge in [0.05, 0.1) is 5.92 Å². The number of carbonyl (C=O) groups is 2. The third-order valence-corrected chi connectivity index (χ3v) is 3.71. The van der Waals surface area contributed by atoms with Gasteiger partial charge >= 0.3 is 5.97 Å². The fraction of sp³-hybridized carbons (Fsp3) is 0.765. The number of allylic oxidation sites excluding steroid dienone is 2. The zero-order chi connectivity index (χ0) is 16.1. The number of rotatable bonds is 12. The van der Waals surface area contributed by atoms with E-state index in [2.05, 4.69) is 19.1 Å². The predicted octanol–water partition coefficient (Wildman–Crippen LogP) is 3.86. The molecule has 0 radical (unpaired) electrons. The molecule has 0 spiro atoms. The predicted molar refractivity (Wildman–Crippen MR) is 86.2 cm³/mol. The maximum absolute atomic E-state index is 12.0. The lowest BCUT2D eigenvalue weighted by Crippen LogP contribution is -2.33. The number of carbonyl (C=O) groups excluding carboxylic acids is 1. The lowest BCUT2D eigenvalue weighted by atomic mass is 9.97. The molecule has 0 aromatic carbocycles. The van der Waals surface area contributed by atoms with E-state index in [-0.39, 0.29) is 12.3 Å². The molecule has 21 heavy (non-hydrogen) atoms. The lowest BCUT2D eigenvalue weighted by molar-refractivity contribution is -0.146. The summed E-state index contributed by atoms with van der Waals surface area (Å²) < 4.78 is 0. The second-order valence-electron chi connectivity index (χ2n) is 5.32. The van der Waals surface area contributed by atoms with Crippen molar-refractivity contribution < 1.29 is 14.7 Å². The Morgan fingerprint density at radius 2 is 1.71 bits per heavy atom. The number of amides is 1. The Morgan fingerprint density at radius 3 is 2.24 bits per heavy atom. The molecule has 0 bridgehead atoms. The zero-order valence-corrected chi connectivity index (χ0v) is 13.8. The minimum Gasteiger partial charge on any atom is -0.481 e. The van der Waals surface area contributed by atoms with Crippen molar-refractivity contribution in [3.8, 4) is 0 Å². The number of hydrogen-bond acceptors (Lipinski definition) is 2. The molecule has 0 aromatic heterocycles. The van der Waals surface area contributed by atoms with Crippen LogP contribution in [0.3, 0.4) is 0 Å². The van der Waals surface area contributed by atoms with E-state index >= 15 is 0 Å². The fourth-order valence-corrected chi connectivity index (χ4v) is 2.34. The largest absolute Gasteiger partial charge is 0.481 e. The maximum atomic E-state index is 12.0. The van der Waals surface area contributed by atoms with Crippen LogP contribution in [0.25, 0.3) is 0 Å². The standard InChI is InChI=1S/C17H31NO3/c1-4-7-8-9-10-11-12-13-15(17(20)21)14-16(19)18(5-2)6-3/h7-8,15H,4-6,9-14H2,1-3H3,(H,20,21)/b8-7+. The van der Waals surface area contributed by atoms with Crippen molar-refractivity contribution in [1.82, 2.24) is 4.90 Å². The van der Waals surface area contributed by atoms with Gasteiger partial charge in [-0.25, -0.2) is 0 Å². The Kier molecular flexibility index (Phi) is 11.6. The summed E-state index contributed by atoms with van der Waals surface area (Å²) in [7, 11) is 0. The molecule has 122 valence electrons. The highest BCUT2D eigenvalue weighted by atomic mass is 16.4.